The SMILES string of the molecule is CCCC(OCC)C(NCC)c1sccc1C. The lowest BCUT2D eigenvalue weighted by atomic mass is 10.0. The number of ether oxygens (including phenoxy) is 1. The zero-order valence-corrected chi connectivity index (χ0v) is 12.3. The van der Waals surface area contributed by atoms with Crippen LogP contribution >= 0.6 is 11.3 Å². The fourth-order valence-electron chi connectivity index (χ4n) is 2.16. The van der Waals surface area contributed by atoms with Gasteiger partial charge in [-0.3, -0.25) is 0 Å². The van der Waals surface area contributed by atoms with Crippen molar-refractivity contribution in [2.24, 2.45) is 0 Å². The molecule has 0 aliphatic carbocycles. The van der Waals surface area contributed by atoms with Gasteiger partial charge in [-0.25, -0.2) is 0 Å². The fourth-order valence-corrected chi connectivity index (χ4v) is 3.22. The second-order valence-corrected chi connectivity index (χ2v) is 5.23. The molecule has 0 radical (unpaired) electrons. The van der Waals surface area contributed by atoms with Crippen molar-refractivity contribution in [1.82, 2.24) is 5.32 Å². The number of aryl methyl sites for hydroxylation is 1. The van der Waals surface area contributed by atoms with Gasteiger partial charge in [0.2, 0.25) is 0 Å². The molecule has 1 heterocycles. The van der Waals surface area contributed by atoms with Crippen molar-refractivity contribution in [2.45, 2.75) is 52.7 Å². The molecule has 0 spiro atoms. The highest BCUT2D eigenvalue weighted by molar-refractivity contribution is 7.10. The highest BCUT2D eigenvalue weighted by atomic mass is 32.1. The normalized spacial score (nSPS) is 14.8. The first-order valence-corrected chi connectivity index (χ1v) is 7.51. The molecule has 0 fully saturated rings. The monoisotopic (exact) mass is 255 g/mol. The lowest BCUT2D eigenvalue weighted by Gasteiger charge is -2.27. The Kier molecular flexibility index (Phi) is 6.78. The van der Waals surface area contributed by atoms with E-state index in [0.717, 1.165) is 26.0 Å². The Morgan fingerprint density at radius 2 is 2.12 bits per heavy atom. The molecule has 1 aromatic heterocycles. The van der Waals surface area contributed by atoms with Crippen molar-refractivity contribution in [3.05, 3.63) is 21.9 Å². The number of hydrogen-bond donors (Lipinski definition) is 1. The Labute approximate surface area is 109 Å². The number of likely N-dealkylation sites (N-methyl/N-ethyl adjacent to an activating group) is 1. The van der Waals surface area contributed by atoms with Crippen LogP contribution in [-0.4, -0.2) is 19.3 Å². The summed E-state index contributed by atoms with van der Waals surface area (Å²) >= 11 is 1.84. The van der Waals surface area contributed by atoms with Gasteiger partial charge in [-0.1, -0.05) is 20.3 Å². The topological polar surface area (TPSA) is 21.3 Å². The van der Waals surface area contributed by atoms with Crippen molar-refractivity contribution in [2.75, 3.05) is 13.2 Å². The number of thiophene rings is 1. The Morgan fingerprint density at radius 1 is 1.35 bits per heavy atom. The Bertz CT molecular complexity index is 305. The van der Waals surface area contributed by atoms with Crippen LogP contribution in [0.15, 0.2) is 11.4 Å². The summed E-state index contributed by atoms with van der Waals surface area (Å²) in [4.78, 5) is 1.43. The predicted octanol–water partition coefficient (Wildman–Crippen LogP) is 3.91. The van der Waals surface area contributed by atoms with E-state index >= 15 is 0 Å². The van der Waals surface area contributed by atoms with Crippen LogP contribution in [0.25, 0.3) is 0 Å². The minimum absolute atomic E-state index is 0.294. The van der Waals surface area contributed by atoms with Gasteiger partial charge in [0.1, 0.15) is 0 Å². The average molecular weight is 255 g/mol. The van der Waals surface area contributed by atoms with Crippen LogP contribution in [0.4, 0.5) is 0 Å². The van der Waals surface area contributed by atoms with E-state index in [4.69, 9.17) is 4.74 Å². The second kappa shape index (κ2) is 7.85. The third-order valence-electron chi connectivity index (χ3n) is 2.93. The van der Waals surface area contributed by atoms with Crippen LogP contribution in [0, 0.1) is 6.92 Å². The van der Waals surface area contributed by atoms with Gasteiger partial charge in [0, 0.05) is 11.5 Å². The molecular weight excluding hydrogens is 230 g/mol. The van der Waals surface area contributed by atoms with Crippen molar-refractivity contribution < 1.29 is 4.74 Å². The molecule has 0 aliphatic rings. The molecule has 0 saturated heterocycles. The third kappa shape index (κ3) is 4.09. The molecule has 0 amide bonds. The molecule has 2 atom stereocenters. The van der Waals surface area contributed by atoms with Crippen LogP contribution in [0.3, 0.4) is 0 Å². The molecule has 98 valence electrons. The van der Waals surface area contributed by atoms with Crippen LogP contribution in [-0.2, 0) is 4.74 Å². The molecule has 0 bridgehead atoms. The molecule has 1 aromatic rings. The van der Waals surface area contributed by atoms with Gasteiger partial charge < -0.3 is 10.1 Å². The van der Waals surface area contributed by atoms with Gasteiger partial charge in [0.05, 0.1) is 12.1 Å². The predicted molar refractivity (Wildman–Crippen MR) is 75.8 cm³/mol. The van der Waals surface area contributed by atoms with Crippen LogP contribution in [0.1, 0.15) is 50.1 Å². The van der Waals surface area contributed by atoms with Crippen molar-refractivity contribution in [3.63, 3.8) is 0 Å². The summed E-state index contributed by atoms with van der Waals surface area (Å²) in [5.41, 5.74) is 1.38. The van der Waals surface area contributed by atoms with Gasteiger partial charge in [-0.2, -0.15) is 0 Å². The zero-order valence-electron chi connectivity index (χ0n) is 11.5. The summed E-state index contributed by atoms with van der Waals surface area (Å²) in [7, 11) is 0. The van der Waals surface area contributed by atoms with Crippen molar-refractivity contribution >= 4 is 11.3 Å². The molecule has 0 aliphatic heterocycles. The quantitative estimate of drug-likeness (QED) is 0.760. The molecule has 0 saturated carbocycles. The van der Waals surface area contributed by atoms with E-state index in [1.54, 1.807) is 0 Å². The zero-order chi connectivity index (χ0) is 12.7. The first-order valence-electron chi connectivity index (χ1n) is 6.63. The van der Waals surface area contributed by atoms with Crippen LogP contribution in [0.2, 0.25) is 0 Å². The maximum absolute atomic E-state index is 5.92. The summed E-state index contributed by atoms with van der Waals surface area (Å²) in [5, 5.41) is 5.75. The molecule has 2 nitrogen and oxygen atoms in total. The van der Waals surface area contributed by atoms with Crippen LogP contribution in [0.5, 0.6) is 0 Å². The fraction of sp³-hybridized carbons (Fsp3) is 0.714. The molecule has 1 N–H and O–H groups in total. The summed E-state index contributed by atoms with van der Waals surface area (Å²) in [5.74, 6) is 0. The van der Waals surface area contributed by atoms with E-state index in [1.807, 2.05) is 11.3 Å². The lowest BCUT2D eigenvalue weighted by molar-refractivity contribution is 0.0287. The largest absolute Gasteiger partial charge is 0.376 e. The smallest absolute Gasteiger partial charge is 0.0777 e. The second-order valence-electron chi connectivity index (χ2n) is 4.29. The summed E-state index contributed by atoms with van der Waals surface area (Å²) in [6.07, 6.45) is 2.57. The molecule has 17 heavy (non-hydrogen) atoms. The molecular formula is C14H25NOS. The van der Waals surface area contributed by atoms with Gasteiger partial charge in [0.15, 0.2) is 0 Å². The highest BCUT2D eigenvalue weighted by Gasteiger charge is 2.24. The minimum Gasteiger partial charge on any atom is -0.376 e. The molecule has 1 rings (SSSR count). The van der Waals surface area contributed by atoms with Gasteiger partial charge in [-0.15, -0.1) is 11.3 Å². The van der Waals surface area contributed by atoms with Gasteiger partial charge >= 0.3 is 0 Å². The molecule has 2 unspecified atom stereocenters. The summed E-state index contributed by atoms with van der Waals surface area (Å²) in [6, 6.07) is 2.54. The van der Waals surface area contributed by atoms with E-state index in [2.05, 4.69) is 44.5 Å². The van der Waals surface area contributed by atoms with E-state index in [-0.39, 0.29) is 0 Å². The Morgan fingerprint density at radius 3 is 2.59 bits per heavy atom. The molecule has 3 heteroatoms. The van der Waals surface area contributed by atoms with E-state index in [0.29, 0.717) is 12.1 Å². The summed E-state index contributed by atoms with van der Waals surface area (Å²) < 4.78 is 5.92. The van der Waals surface area contributed by atoms with Crippen molar-refractivity contribution in [1.29, 1.82) is 0 Å². The standard InChI is InChI=1S/C14H25NOS/c1-5-8-12(16-7-3)13(15-6-2)14-11(4)9-10-17-14/h9-10,12-13,15H,5-8H2,1-4H3. The maximum atomic E-state index is 5.92. The Balaban J connectivity index is 2.85. The molecule has 0 aromatic carbocycles. The van der Waals surface area contributed by atoms with E-state index in [9.17, 15) is 0 Å². The number of nitrogens with one attached hydrogen (secondary N) is 1. The maximum Gasteiger partial charge on any atom is 0.0777 e. The number of hydrogen-bond acceptors (Lipinski definition) is 3. The number of rotatable bonds is 8. The van der Waals surface area contributed by atoms with Crippen molar-refractivity contribution in [3.8, 4) is 0 Å². The van der Waals surface area contributed by atoms with E-state index in [1.165, 1.54) is 10.4 Å². The van der Waals surface area contributed by atoms with E-state index < -0.39 is 0 Å². The Hall–Kier alpha value is -0.380. The van der Waals surface area contributed by atoms with Gasteiger partial charge in [0.25, 0.3) is 0 Å². The minimum atomic E-state index is 0.294. The third-order valence-corrected chi connectivity index (χ3v) is 4.04. The van der Waals surface area contributed by atoms with Gasteiger partial charge in [-0.05, 0) is 43.8 Å². The lowest BCUT2D eigenvalue weighted by Crippen LogP contribution is -2.33. The van der Waals surface area contributed by atoms with Crippen LogP contribution < -0.4 is 5.32 Å². The first-order chi connectivity index (χ1) is 8.24. The summed E-state index contributed by atoms with van der Waals surface area (Å²) in [6.45, 7) is 10.4. The average Bonchev–Trinajstić information content (AvgIpc) is 2.72. The first kappa shape index (κ1) is 14.7. The highest BCUT2D eigenvalue weighted by Crippen LogP contribution is 2.29.